The van der Waals surface area contributed by atoms with E-state index in [-0.39, 0.29) is 0 Å². The third-order valence-corrected chi connectivity index (χ3v) is 3.74. The monoisotopic (exact) mass is 243 g/mol. The summed E-state index contributed by atoms with van der Waals surface area (Å²) < 4.78 is 0. The van der Waals surface area contributed by atoms with Crippen LogP contribution >= 0.6 is 0 Å². The molecule has 3 heteroatoms. The second-order valence-corrected chi connectivity index (χ2v) is 5.44. The van der Waals surface area contributed by atoms with E-state index in [0.29, 0.717) is 12.0 Å². The Hall–Kier alpha value is -1.53. The van der Waals surface area contributed by atoms with E-state index in [2.05, 4.69) is 36.3 Å². The minimum atomic E-state index is 0.469. The van der Waals surface area contributed by atoms with E-state index in [9.17, 15) is 5.26 Å². The fraction of sp³-hybridized carbons (Fsp3) is 0.533. The first-order valence-electron chi connectivity index (χ1n) is 6.56. The van der Waals surface area contributed by atoms with Crippen LogP contribution in [0, 0.1) is 24.2 Å². The predicted octanol–water partition coefficient (Wildman–Crippen LogP) is 2.62. The van der Waals surface area contributed by atoms with Crippen molar-refractivity contribution in [2.75, 3.05) is 25.5 Å². The predicted molar refractivity (Wildman–Crippen MR) is 74.6 cm³/mol. The van der Waals surface area contributed by atoms with Gasteiger partial charge in [-0.15, -0.1) is 0 Å². The van der Waals surface area contributed by atoms with Gasteiger partial charge in [-0.05, 0) is 50.6 Å². The van der Waals surface area contributed by atoms with Gasteiger partial charge in [0.2, 0.25) is 0 Å². The number of rotatable bonds is 2. The zero-order valence-electron chi connectivity index (χ0n) is 11.4. The number of hydrogen-bond acceptors (Lipinski definition) is 3. The molecule has 1 fully saturated rings. The molecule has 18 heavy (non-hydrogen) atoms. The van der Waals surface area contributed by atoms with Gasteiger partial charge in [0.1, 0.15) is 6.07 Å². The first-order chi connectivity index (χ1) is 8.60. The molecule has 1 aliphatic rings. The summed E-state index contributed by atoms with van der Waals surface area (Å²) in [5, 5.41) is 12.7. The van der Waals surface area contributed by atoms with Crippen molar-refractivity contribution in [1.29, 1.82) is 5.26 Å². The van der Waals surface area contributed by atoms with E-state index in [1.165, 1.54) is 0 Å². The molecule has 1 saturated heterocycles. The molecule has 2 atom stereocenters. The quantitative estimate of drug-likeness (QED) is 0.868. The van der Waals surface area contributed by atoms with E-state index in [0.717, 1.165) is 36.3 Å². The molecule has 0 radical (unpaired) electrons. The molecule has 2 unspecified atom stereocenters. The lowest BCUT2D eigenvalue weighted by atomic mass is 9.93. The minimum Gasteiger partial charge on any atom is -0.381 e. The molecule has 0 saturated carbocycles. The van der Waals surface area contributed by atoms with Crippen molar-refractivity contribution in [3.05, 3.63) is 29.3 Å². The van der Waals surface area contributed by atoms with E-state index < -0.39 is 0 Å². The number of likely N-dealkylation sites (tertiary alicyclic amines) is 1. The van der Waals surface area contributed by atoms with Crippen LogP contribution in [0.3, 0.4) is 0 Å². The molecule has 0 aromatic heterocycles. The summed E-state index contributed by atoms with van der Waals surface area (Å²) in [5.41, 5.74) is 2.86. The average molecular weight is 243 g/mol. The first-order valence-corrected chi connectivity index (χ1v) is 6.56. The Morgan fingerprint density at radius 2 is 2.22 bits per heavy atom. The van der Waals surface area contributed by atoms with Gasteiger partial charge < -0.3 is 10.2 Å². The number of anilines is 1. The lowest BCUT2D eigenvalue weighted by Gasteiger charge is -2.36. The maximum Gasteiger partial charge on any atom is 0.101 e. The molecule has 1 aliphatic heterocycles. The van der Waals surface area contributed by atoms with Crippen LogP contribution in [0.2, 0.25) is 0 Å². The van der Waals surface area contributed by atoms with Crippen LogP contribution in [-0.4, -0.2) is 31.1 Å². The third kappa shape index (κ3) is 2.83. The number of piperidine rings is 1. The number of benzene rings is 1. The minimum absolute atomic E-state index is 0.469. The molecule has 2 rings (SSSR count). The molecular formula is C15H21N3. The van der Waals surface area contributed by atoms with Crippen molar-refractivity contribution in [1.82, 2.24) is 4.90 Å². The van der Waals surface area contributed by atoms with Crippen LogP contribution in [0.15, 0.2) is 18.2 Å². The van der Waals surface area contributed by atoms with E-state index in [4.69, 9.17) is 0 Å². The molecule has 1 aromatic carbocycles. The highest BCUT2D eigenvalue weighted by Crippen LogP contribution is 2.23. The zero-order chi connectivity index (χ0) is 13.1. The Kier molecular flexibility index (Phi) is 3.88. The van der Waals surface area contributed by atoms with Gasteiger partial charge in [-0.1, -0.05) is 13.0 Å². The van der Waals surface area contributed by atoms with Gasteiger partial charge in [0, 0.05) is 12.6 Å². The van der Waals surface area contributed by atoms with Crippen LogP contribution < -0.4 is 5.32 Å². The molecule has 0 aliphatic carbocycles. The summed E-state index contributed by atoms with van der Waals surface area (Å²) in [7, 11) is 2.17. The van der Waals surface area contributed by atoms with Crippen molar-refractivity contribution in [3.63, 3.8) is 0 Å². The van der Waals surface area contributed by atoms with E-state index in [1.807, 2.05) is 19.1 Å². The highest BCUT2D eigenvalue weighted by atomic mass is 15.1. The molecular weight excluding hydrogens is 222 g/mol. The molecule has 0 bridgehead atoms. The van der Waals surface area contributed by atoms with Gasteiger partial charge in [-0.2, -0.15) is 5.26 Å². The summed E-state index contributed by atoms with van der Waals surface area (Å²) in [6.45, 7) is 6.53. The van der Waals surface area contributed by atoms with E-state index >= 15 is 0 Å². The standard InChI is InChI=1S/C15H21N3/c1-11-4-5-15(13(8-11)9-16)17-14-6-7-18(3)10-12(14)2/h4-5,8,12,14,17H,6-7,10H2,1-3H3. The fourth-order valence-electron chi connectivity index (χ4n) is 2.64. The van der Waals surface area contributed by atoms with E-state index in [1.54, 1.807) is 0 Å². The van der Waals surface area contributed by atoms with Crippen LogP contribution in [0.5, 0.6) is 0 Å². The van der Waals surface area contributed by atoms with Crippen molar-refractivity contribution in [2.24, 2.45) is 5.92 Å². The summed E-state index contributed by atoms with van der Waals surface area (Å²) >= 11 is 0. The Morgan fingerprint density at radius 1 is 1.44 bits per heavy atom. The van der Waals surface area contributed by atoms with Crippen LogP contribution in [-0.2, 0) is 0 Å². The van der Waals surface area contributed by atoms with Gasteiger partial charge >= 0.3 is 0 Å². The Balaban J connectivity index is 2.12. The number of hydrogen-bond donors (Lipinski definition) is 1. The smallest absolute Gasteiger partial charge is 0.101 e. The van der Waals surface area contributed by atoms with Crippen LogP contribution in [0.4, 0.5) is 5.69 Å². The van der Waals surface area contributed by atoms with Crippen LogP contribution in [0.25, 0.3) is 0 Å². The molecule has 1 N–H and O–H groups in total. The summed E-state index contributed by atoms with van der Waals surface area (Å²) in [5.74, 6) is 0.608. The van der Waals surface area contributed by atoms with Gasteiger partial charge in [0.15, 0.2) is 0 Å². The first kappa shape index (κ1) is 12.9. The molecule has 0 amide bonds. The highest BCUT2D eigenvalue weighted by molar-refractivity contribution is 5.59. The molecule has 1 heterocycles. The van der Waals surface area contributed by atoms with Crippen molar-refractivity contribution >= 4 is 5.69 Å². The third-order valence-electron chi connectivity index (χ3n) is 3.74. The number of nitrogens with one attached hydrogen (secondary N) is 1. The maximum atomic E-state index is 9.18. The van der Waals surface area contributed by atoms with Crippen LogP contribution in [0.1, 0.15) is 24.5 Å². The summed E-state index contributed by atoms with van der Waals surface area (Å²) in [6, 6.07) is 8.78. The average Bonchev–Trinajstić information content (AvgIpc) is 2.34. The maximum absolute atomic E-state index is 9.18. The van der Waals surface area contributed by atoms with Gasteiger partial charge in [-0.25, -0.2) is 0 Å². The Morgan fingerprint density at radius 3 is 2.89 bits per heavy atom. The molecule has 3 nitrogen and oxygen atoms in total. The molecule has 0 spiro atoms. The normalized spacial score (nSPS) is 24.6. The highest BCUT2D eigenvalue weighted by Gasteiger charge is 2.24. The van der Waals surface area contributed by atoms with Gasteiger partial charge in [0.05, 0.1) is 11.3 Å². The SMILES string of the molecule is Cc1ccc(NC2CCN(C)CC2C)c(C#N)c1. The summed E-state index contributed by atoms with van der Waals surface area (Å²) in [4.78, 5) is 2.36. The van der Waals surface area contributed by atoms with Crippen molar-refractivity contribution in [3.8, 4) is 6.07 Å². The van der Waals surface area contributed by atoms with Gasteiger partial charge in [0.25, 0.3) is 0 Å². The lowest BCUT2D eigenvalue weighted by Crippen LogP contribution is -2.43. The molecule has 96 valence electrons. The van der Waals surface area contributed by atoms with Crippen molar-refractivity contribution < 1.29 is 0 Å². The topological polar surface area (TPSA) is 39.1 Å². The molecule has 1 aromatic rings. The second-order valence-electron chi connectivity index (χ2n) is 5.44. The van der Waals surface area contributed by atoms with Crippen molar-refractivity contribution in [2.45, 2.75) is 26.3 Å². The number of aryl methyl sites for hydroxylation is 1. The number of nitriles is 1. The summed E-state index contributed by atoms with van der Waals surface area (Å²) in [6.07, 6.45) is 1.14. The number of nitrogens with zero attached hydrogens (tertiary/aromatic N) is 2. The zero-order valence-corrected chi connectivity index (χ0v) is 11.4. The second kappa shape index (κ2) is 5.41. The largest absolute Gasteiger partial charge is 0.381 e. The fourth-order valence-corrected chi connectivity index (χ4v) is 2.64. The Labute approximate surface area is 109 Å². The lowest BCUT2D eigenvalue weighted by molar-refractivity contribution is 0.206. The Bertz CT molecular complexity index is 461. The van der Waals surface area contributed by atoms with Gasteiger partial charge in [-0.3, -0.25) is 0 Å².